The van der Waals surface area contributed by atoms with Gasteiger partial charge in [-0.2, -0.15) is 0 Å². The molecule has 1 aromatic heterocycles. The summed E-state index contributed by atoms with van der Waals surface area (Å²) in [6.07, 6.45) is 0.990. The van der Waals surface area contributed by atoms with E-state index in [0.717, 1.165) is 17.5 Å². The van der Waals surface area contributed by atoms with E-state index in [2.05, 4.69) is 34.2 Å². The van der Waals surface area contributed by atoms with Crippen LogP contribution in [-0.2, 0) is 17.8 Å². The fourth-order valence-electron chi connectivity index (χ4n) is 2.79. The number of aromatic amines is 1. The number of hydrogen-bond acceptors (Lipinski definition) is 4. The highest BCUT2D eigenvalue weighted by Gasteiger charge is 2.15. The number of nitrogens with one attached hydrogen (secondary N) is 1. The van der Waals surface area contributed by atoms with E-state index in [0.29, 0.717) is 24.1 Å². The van der Waals surface area contributed by atoms with E-state index >= 15 is 0 Å². The third-order valence-electron chi connectivity index (χ3n) is 4.42. The molecular weight excluding hydrogens is 375 g/mol. The molecule has 3 rings (SSSR count). The second kappa shape index (κ2) is 9.50. The summed E-state index contributed by atoms with van der Waals surface area (Å²) in [5, 5.41) is 7.65. The minimum absolute atomic E-state index is 0.0320. The van der Waals surface area contributed by atoms with Crippen molar-refractivity contribution in [2.75, 3.05) is 12.3 Å². The lowest BCUT2D eigenvalue weighted by atomic mass is 10.1. The van der Waals surface area contributed by atoms with Crippen molar-refractivity contribution in [2.24, 2.45) is 0 Å². The molecule has 0 saturated carbocycles. The number of halogens is 1. The van der Waals surface area contributed by atoms with Crippen LogP contribution in [0.15, 0.2) is 53.7 Å². The highest BCUT2D eigenvalue weighted by molar-refractivity contribution is 7.99. The van der Waals surface area contributed by atoms with E-state index in [1.807, 2.05) is 25.1 Å². The molecule has 0 bridgehead atoms. The molecule has 0 radical (unpaired) electrons. The quantitative estimate of drug-likeness (QED) is 0.574. The number of carbonyl (C=O) groups excluding carboxylic acids is 1. The summed E-state index contributed by atoms with van der Waals surface area (Å²) < 4.78 is 13.3. The number of nitrogens with zero attached hydrogens (tertiary/aromatic N) is 3. The normalized spacial score (nSPS) is 10.8. The molecule has 1 amide bonds. The van der Waals surface area contributed by atoms with Crippen LogP contribution in [0.1, 0.15) is 25.0 Å². The summed E-state index contributed by atoms with van der Waals surface area (Å²) in [6.45, 7) is 4.96. The average Bonchev–Trinajstić information content (AvgIpc) is 3.19. The smallest absolute Gasteiger partial charge is 0.233 e. The molecule has 2 aromatic carbocycles. The first-order valence-corrected chi connectivity index (χ1v) is 10.2. The summed E-state index contributed by atoms with van der Waals surface area (Å²) in [6, 6.07) is 14.5. The van der Waals surface area contributed by atoms with Crippen LogP contribution in [0.3, 0.4) is 0 Å². The van der Waals surface area contributed by atoms with Crippen molar-refractivity contribution in [3.8, 4) is 11.4 Å². The maximum Gasteiger partial charge on any atom is 0.233 e. The van der Waals surface area contributed by atoms with Gasteiger partial charge in [0.15, 0.2) is 5.82 Å². The molecule has 5 nitrogen and oxygen atoms in total. The molecule has 1 N–H and O–H groups in total. The van der Waals surface area contributed by atoms with Crippen molar-refractivity contribution in [1.29, 1.82) is 0 Å². The van der Waals surface area contributed by atoms with Crippen LogP contribution in [0.5, 0.6) is 0 Å². The lowest BCUT2D eigenvalue weighted by Gasteiger charge is -2.20. The Labute approximate surface area is 168 Å². The van der Waals surface area contributed by atoms with E-state index in [9.17, 15) is 9.18 Å². The summed E-state index contributed by atoms with van der Waals surface area (Å²) in [5.41, 5.74) is 3.00. The first-order chi connectivity index (χ1) is 13.6. The van der Waals surface area contributed by atoms with E-state index < -0.39 is 0 Å². The Kier molecular flexibility index (Phi) is 6.81. The van der Waals surface area contributed by atoms with Gasteiger partial charge in [0.1, 0.15) is 5.82 Å². The number of benzene rings is 2. The lowest BCUT2D eigenvalue weighted by Crippen LogP contribution is -2.31. The maximum atomic E-state index is 13.3. The molecule has 0 aliphatic rings. The minimum atomic E-state index is -0.296. The maximum absolute atomic E-state index is 13.3. The number of aromatic nitrogens is 3. The molecule has 0 aliphatic carbocycles. The van der Waals surface area contributed by atoms with Gasteiger partial charge in [0, 0.05) is 18.7 Å². The molecule has 146 valence electrons. The van der Waals surface area contributed by atoms with Crippen molar-refractivity contribution in [1.82, 2.24) is 20.1 Å². The van der Waals surface area contributed by atoms with Crippen LogP contribution in [0.2, 0.25) is 0 Å². The first kappa shape index (κ1) is 20.1. The molecule has 7 heteroatoms. The number of H-pyrrole nitrogens is 1. The summed E-state index contributed by atoms with van der Waals surface area (Å²) in [7, 11) is 0. The van der Waals surface area contributed by atoms with Crippen LogP contribution in [-0.4, -0.2) is 38.3 Å². The van der Waals surface area contributed by atoms with Gasteiger partial charge in [-0.15, -0.1) is 5.10 Å². The zero-order valence-electron chi connectivity index (χ0n) is 16.0. The van der Waals surface area contributed by atoms with Gasteiger partial charge in [0.2, 0.25) is 11.1 Å². The molecule has 1 heterocycles. The largest absolute Gasteiger partial charge is 0.338 e. The van der Waals surface area contributed by atoms with Crippen molar-refractivity contribution >= 4 is 17.7 Å². The van der Waals surface area contributed by atoms with Crippen molar-refractivity contribution in [3.63, 3.8) is 0 Å². The fourth-order valence-corrected chi connectivity index (χ4v) is 3.49. The standard InChI is InChI=1S/C21H23FN4OS/c1-3-15-8-10-17(11-9-15)20-23-21(25-24-20)28-14-19(27)26(4-2)13-16-6-5-7-18(22)12-16/h5-12H,3-4,13-14H2,1-2H3,(H,23,24,25). The molecule has 28 heavy (non-hydrogen) atoms. The van der Waals surface area contributed by atoms with Gasteiger partial charge in [0.25, 0.3) is 0 Å². The van der Waals surface area contributed by atoms with Gasteiger partial charge in [0.05, 0.1) is 5.75 Å². The summed E-state index contributed by atoms with van der Waals surface area (Å²) in [4.78, 5) is 18.7. The SMILES string of the molecule is CCc1ccc(-c2nc(SCC(=O)N(CC)Cc3cccc(F)c3)n[nH]2)cc1. The second-order valence-corrected chi connectivity index (χ2v) is 7.29. The predicted octanol–water partition coefficient (Wildman–Crippen LogP) is 4.31. The number of hydrogen-bond donors (Lipinski definition) is 1. The second-order valence-electron chi connectivity index (χ2n) is 6.34. The minimum Gasteiger partial charge on any atom is -0.338 e. The molecule has 3 aromatic rings. The van der Waals surface area contributed by atoms with Crippen LogP contribution in [0.25, 0.3) is 11.4 Å². The Hall–Kier alpha value is -2.67. The number of thioether (sulfide) groups is 1. The Morgan fingerprint density at radius 2 is 1.93 bits per heavy atom. The van der Waals surface area contributed by atoms with Crippen LogP contribution >= 0.6 is 11.8 Å². The number of carbonyl (C=O) groups is 1. The Balaban J connectivity index is 1.58. The van der Waals surface area contributed by atoms with Gasteiger partial charge in [-0.25, -0.2) is 9.37 Å². The average molecular weight is 399 g/mol. The van der Waals surface area contributed by atoms with Gasteiger partial charge < -0.3 is 4.90 Å². The van der Waals surface area contributed by atoms with Crippen molar-refractivity contribution in [3.05, 3.63) is 65.5 Å². The molecule has 0 unspecified atom stereocenters. The van der Waals surface area contributed by atoms with Gasteiger partial charge in [-0.3, -0.25) is 9.89 Å². The zero-order valence-corrected chi connectivity index (χ0v) is 16.8. The van der Waals surface area contributed by atoms with Crippen molar-refractivity contribution in [2.45, 2.75) is 32.0 Å². The molecule has 0 saturated heterocycles. The monoisotopic (exact) mass is 398 g/mol. The lowest BCUT2D eigenvalue weighted by molar-refractivity contribution is -0.128. The summed E-state index contributed by atoms with van der Waals surface area (Å²) in [5.74, 6) is 0.589. The highest BCUT2D eigenvalue weighted by atomic mass is 32.2. The first-order valence-electron chi connectivity index (χ1n) is 9.25. The van der Waals surface area contributed by atoms with Gasteiger partial charge in [-0.05, 0) is 36.6 Å². The fraction of sp³-hybridized carbons (Fsp3) is 0.286. The number of rotatable bonds is 8. The highest BCUT2D eigenvalue weighted by Crippen LogP contribution is 2.20. The van der Waals surface area contributed by atoms with Crippen molar-refractivity contribution < 1.29 is 9.18 Å². The molecule has 0 aliphatic heterocycles. The van der Waals surface area contributed by atoms with E-state index in [4.69, 9.17) is 0 Å². The number of amides is 1. The topological polar surface area (TPSA) is 61.9 Å². The molecule has 0 spiro atoms. The third kappa shape index (κ3) is 5.19. The van der Waals surface area contributed by atoms with E-state index in [1.54, 1.807) is 11.0 Å². The molecule has 0 atom stereocenters. The van der Waals surface area contributed by atoms with E-state index in [1.165, 1.54) is 29.5 Å². The Bertz CT molecular complexity index is 926. The van der Waals surface area contributed by atoms with Gasteiger partial charge in [-0.1, -0.05) is 55.1 Å². The Morgan fingerprint density at radius 1 is 1.14 bits per heavy atom. The van der Waals surface area contributed by atoms with Crippen LogP contribution < -0.4 is 0 Å². The van der Waals surface area contributed by atoms with Crippen LogP contribution in [0.4, 0.5) is 4.39 Å². The molecule has 0 fully saturated rings. The third-order valence-corrected chi connectivity index (χ3v) is 5.25. The van der Waals surface area contributed by atoms with Gasteiger partial charge >= 0.3 is 0 Å². The zero-order chi connectivity index (χ0) is 19.9. The Morgan fingerprint density at radius 3 is 2.61 bits per heavy atom. The summed E-state index contributed by atoms with van der Waals surface area (Å²) >= 11 is 1.29. The predicted molar refractivity (Wildman–Crippen MR) is 109 cm³/mol. The van der Waals surface area contributed by atoms with Crippen LogP contribution in [0, 0.1) is 5.82 Å². The number of aryl methyl sites for hydroxylation is 1. The molecular formula is C21H23FN4OS. The van der Waals surface area contributed by atoms with E-state index in [-0.39, 0.29) is 17.5 Å².